The third kappa shape index (κ3) is 3.05. The molecule has 148 valence electrons. The van der Waals surface area contributed by atoms with E-state index in [4.69, 9.17) is 32.4 Å². The molecule has 1 aromatic heterocycles. The Morgan fingerprint density at radius 2 is 1.90 bits per heavy atom. The smallest absolute Gasteiger partial charge is 0.291 e. The van der Waals surface area contributed by atoms with Gasteiger partial charge in [-0.2, -0.15) is 0 Å². The summed E-state index contributed by atoms with van der Waals surface area (Å²) in [6.07, 6.45) is 1.76. The molecule has 3 aromatic rings. The van der Waals surface area contributed by atoms with Crippen molar-refractivity contribution in [1.82, 2.24) is 4.90 Å². The zero-order chi connectivity index (χ0) is 20.1. The number of para-hydroxylation sites is 1. The topological polar surface area (TPSA) is 59.8 Å². The Balaban J connectivity index is 1.71. The van der Waals surface area contributed by atoms with Crippen LogP contribution in [0.5, 0.6) is 0 Å². The first-order valence-corrected chi connectivity index (χ1v) is 10.2. The monoisotopic (exact) mass is 429 g/mol. The van der Waals surface area contributed by atoms with Crippen molar-refractivity contribution in [3.63, 3.8) is 0 Å². The maximum atomic E-state index is 13.4. The zero-order valence-corrected chi connectivity index (χ0v) is 16.9. The molecule has 0 spiro atoms. The van der Waals surface area contributed by atoms with E-state index in [1.807, 2.05) is 0 Å². The van der Waals surface area contributed by atoms with Crippen LogP contribution in [0.1, 0.15) is 40.6 Å². The van der Waals surface area contributed by atoms with Crippen molar-refractivity contribution in [3.05, 3.63) is 79.6 Å². The molecule has 0 N–H and O–H groups in total. The molecule has 0 radical (unpaired) electrons. The lowest BCUT2D eigenvalue weighted by molar-refractivity contribution is 0.0486. The number of carbonyl (C=O) groups excluding carboxylic acids is 1. The SMILES string of the molecule is O=C1c2oc3ccccc3c(=O)c2[C@H](c2ccc(Cl)c(Cl)c2)N1C[C@@H]1CCCO1. The molecular weight excluding hydrogens is 413 g/mol. The number of ether oxygens (including phenoxy) is 1. The van der Waals surface area contributed by atoms with Crippen LogP contribution in [0.3, 0.4) is 0 Å². The summed E-state index contributed by atoms with van der Waals surface area (Å²) in [4.78, 5) is 28.3. The van der Waals surface area contributed by atoms with Gasteiger partial charge in [0.15, 0.2) is 5.43 Å². The highest BCUT2D eigenvalue weighted by molar-refractivity contribution is 6.42. The van der Waals surface area contributed by atoms with Crippen molar-refractivity contribution in [2.75, 3.05) is 13.2 Å². The van der Waals surface area contributed by atoms with Crippen molar-refractivity contribution < 1.29 is 13.9 Å². The lowest BCUT2D eigenvalue weighted by Gasteiger charge is -2.27. The first kappa shape index (κ1) is 18.7. The summed E-state index contributed by atoms with van der Waals surface area (Å²) in [7, 11) is 0. The Morgan fingerprint density at radius 3 is 2.66 bits per heavy atom. The Hall–Kier alpha value is -2.34. The highest BCUT2D eigenvalue weighted by Gasteiger charge is 2.44. The van der Waals surface area contributed by atoms with Gasteiger partial charge < -0.3 is 14.1 Å². The third-order valence-electron chi connectivity index (χ3n) is 5.56. The first-order chi connectivity index (χ1) is 14.0. The summed E-state index contributed by atoms with van der Waals surface area (Å²) in [5, 5.41) is 1.23. The van der Waals surface area contributed by atoms with Crippen LogP contribution in [0.2, 0.25) is 10.0 Å². The molecule has 7 heteroatoms. The molecule has 1 fully saturated rings. The fourth-order valence-electron chi connectivity index (χ4n) is 4.19. The standard InChI is InChI=1S/C22H17Cl2NO4/c23-15-8-7-12(10-16(15)24)19-18-20(26)14-5-1-2-6-17(14)29-21(18)22(27)25(19)11-13-4-3-9-28-13/h1-2,5-8,10,13,19H,3-4,9,11H2/t13-,19-/m0/s1. The van der Waals surface area contributed by atoms with E-state index in [9.17, 15) is 9.59 Å². The van der Waals surface area contributed by atoms with E-state index < -0.39 is 6.04 Å². The molecule has 2 atom stereocenters. The molecule has 2 aliphatic heterocycles. The highest BCUT2D eigenvalue weighted by Crippen LogP contribution is 2.40. The van der Waals surface area contributed by atoms with Crippen molar-refractivity contribution >= 4 is 40.1 Å². The molecule has 3 heterocycles. The number of nitrogens with zero attached hydrogens (tertiary/aromatic N) is 1. The van der Waals surface area contributed by atoms with Gasteiger partial charge in [-0.25, -0.2) is 0 Å². The van der Waals surface area contributed by atoms with Crippen LogP contribution in [0, 0.1) is 0 Å². The van der Waals surface area contributed by atoms with Crippen LogP contribution in [0.4, 0.5) is 0 Å². The minimum absolute atomic E-state index is 0.0666. The number of amides is 1. The quantitative estimate of drug-likeness (QED) is 0.598. The molecule has 2 aliphatic rings. The fourth-order valence-corrected chi connectivity index (χ4v) is 4.50. The van der Waals surface area contributed by atoms with Gasteiger partial charge in [0.05, 0.1) is 33.1 Å². The predicted octanol–water partition coefficient (Wildman–Crippen LogP) is 4.82. The number of benzene rings is 2. The van der Waals surface area contributed by atoms with E-state index in [1.165, 1.54) is 0 Å². The highest BCUT2D eigenvalue weighted by atomic mass is 35.5. The van der Waals surface area contributed by atoms with E-state index in [0.29, 0.717) is 45.3 Å². The van der Waals surface area contributed by atoms with Gasteiger partial charge in [-0.15, -0.1) is 0 Å². The van der Waals surface area contributed by atoms with Gasteiger partial charge in [-0.3, -0.25) is 9.59 Å². The van der Waals surface area contributed by atoms with Crippen LogP contribution < -0.4 is 5.43 Å². The van der Waals surface area contributed by atoms with Crippen molar-refractivity contribution in [2.24, 2.45) is 0 Å². The van der Waals surface area contributed by atoms with Crippen LogP contribution in [-0.4, -0.2) is 30.1 Å². The number of hydrogen-bond acceptors (Lipinski definition) is 4. The van der Waals surface area contributed by atoms with Crippen LogP contribution in [0.25, 0.3) is 11.0 Å². The first-order valence-electron chi connectivity index (χ1n) is 9.48. The van der Waals surface area contributed by atoms with Gasteiger partial charge >= 0.3 is 0 Å². The maximum Gasteiger partial charge on any atom is 0.291 e. The van der Waals surface area contributed by atoms with E-state index >= 15 is 0 Å². The second-order valence-corrected chi connectivity index (χ2v) is 8.15. The van der Waals surface area contributed by atoms with E-state index in [0.717, 1.165) is 12.8 Å². The average molecular weight is 430 g/mol. The van der Waals surface area contributed by atoms with E-state index in [2.05, 4.69) is 0 Å². The van der Waals surface area contributed by atoms with Gasteiger partial charge in [0, 0.05) is 13.2 Å². The van der Waals surface area contributed by atoms with Crippen molar-refractivity contribution in [1.29, 1.82) is 0 Å². The second-order valence-electron chi connectivity index (χ2n) is 7.34. The number of fused-ring (bicyclic) bond motifs is 2. The molecule has 1 amide bonds. The van der Waals surface area contributed by atoms with Gasteiger partial charge in [-0.05, 0) is 42.7 Å². The third-order valence-corrected chi connectivity index (χ3v) is 6.30. The number of halogens is 2. The largest absolute Gasteiger partial charge is 0.450 e. The molecule has 2 aromatic carbocycles. The molecule has 0 saturated carbocycles. The van der Waals surface area contributed by atoms with Crippen LogP contribution in [-0.2, 0) is 4.74 Å². The Bertz CT molecular complexity index is 1180. The molecule has 1 saturated heterocycles. The summed E-state index contributed by atoms with van der Waals surface area (Å²) in [6, 6.07) is 11.5. The summed E-state index contributed by atoms with van der Waals surface area (Å²) in [6.45, 7) is 1.06. The van der Waals surface area contributed by atoms with Crippen LogP contribution in [0.15, 0.2) is 51.7 Å². The summed E-state index contributed by atoms with van der Waals surface area (Å²) >= 11 is 12.3. The van der Waals surface area contributed by atoms with Gasteiger partial charge in [0.1, 0.15) is 5.58 Å². The van der Waals surface area contributed by atoms with Gasteiger partial charge in [-0.1, -0.05) is 41.4 Å². The lowest BCUT2D eigenvalue weighted by atomic mass is 9.98. The summed E-state index contributed by atoms with van der Waals surface area (Å²) < 4.78 is 11.7. The number of hydrogen-bond donors (Lipinski definition) is 0. The predicted molar refractivity (Wildman–Crippen MR) is 111 cm³/mol. The number of rotatable bonds is 3. The molecule has 5 nitrogen and oxygen atoms in total. The molecule has 0 bridgehead atoms. The van der Waals surface area contributed by atoms with E-state index in [-0.39, 0.29) is 23.2 Å². The van der Waals surface area contributed by atoms with Crippen molar-refractivity contribution in [3.8, 4) is 0 Å². The minimum Gasteiger partial charge on any atom is -0.450 e. The molecule has 0 unspecified atom stereocenters. The van der Waals surface area contributed by atoms with Crippen LogP contribution >= 0.6 is 23.2 Å². The Kier molecular flexibility index (Phi) is 4.62. The minimum atomic E-state index is -0.600. The zero-order valence-electron chi connectivity index (χ0n) is 15.4. The number of carbonyl (C=O) groups is 1. The van der Waals surface area contributed by atoms with Crippen molar-refractivity contribution in [2.45, 2.75) is 25.0 Å². The molecule has 29 heavy (non-hydrogen) atoms. The van der Waals surface area contributed by atoms with Gasteiger partial charge in [0.25, 0.3) is 5.91 Å². The second kappa shape index (κ2) is 7.17. The Morgan fingerprint density at radius 1 is 1.07 bits per heavy atom. The molecule has 5 rings (SSSR count). The van der Waals surface area contributed by atoms with E-state index in [1.54, 1.807) is 47.4 Å². The Labute approximate surface area is 176 Å². The average Bonchev–Trinajstić information content (AvgIpc) is 3.32. The lowest BCUT2D eigenvalue weighted by Crippen LogP contribution is -2.36. The molecular formula is C22H17Cl2NO4. The fraction of sp³-hybridized carbons (Fsp3) is 0.273. The van der Waals surface area contributed by atoms with Gasteiger partial charge in [0.2, 0.25) is 5.76 Å². The maximum absolute atomic E-state index is 13.4. The summed E-state index contributed by atoms with van der Waals surface area (Å²) in [5.41, 5.74) is 1.25. The normalized spacial score (nSPS) is 21.2. The summed E-state index contributed by atoms with van der Waals surface area (Å²) in [5.74, 6) is -0.225. The molecule has 0 aliphatic carbocycles.